The Kier molecular flexibility index (Phi) is 2.49. The first-order valence-corrected chi connectivity index (χ1v) is 5.02. The molecule has 1 N–H and O–H groups in total. The van der Waals surface area contributed by atoms with Crippen LogP contribution in [-0.4, -0.2) is 16.7 Å². The number of carboxylic acids is 1. The smallest absolute Gasteiger partial charge is 0.309 e. The van der Waals surface area contributed by atoms with Crippen molar-refractivity contribution in [2.45, 2.75) is 25.6 Å². The molecule has 1 saturated carbocycles. The van der Waals surface area contributed by atoms with Crippen molar-refractivity contribution in [2.24, 2.45) is 5.92 Å². The van der Waals surface area contributed by atoms with E-state index in [0.717, 1.165) is 5.56 Å². The molecule has 1 aliphatic carbocycles. The summed E-state index contributed by atoms with van der Waals surface area (Å²) in [4.78, 5) is 10.7. The molecule has 15 heavy (non-hydrogen) atoms. The molecule has 1 fully saturated rings. The minimum atomic E-state index is -0.759. The summed E-state index contributed by atoms with van der Waals surface area (Å²) in [6.07, 6.45) is 0.620. The molecule has 80 valence electrons. The molecular formula is C12H14O3. The van der Waals surface area contributed by atoms with E-state index in [4.69, 9.17) is 9.84 Å². The van der Waals surface area contributed by atoms with Crippen LogP contribution in [-0.2, 0) is 16.1 Å². The molecule has 1 aromatic carbocycles. The molecule has 0 heterocycles. The van der Waals surface area contributed by atoms with Crippen molar-refractivity contribution in [1.29, 1.82) is 0 Å². The normalized spacial score (nSPS) is 28.7. The number of hydrogen-bond acceptors (Lipinski definition) is 2. The number of hydrogen-bond donors (Lipinski definition) is 1. The van der Waals surface area contributed by atoms with E-state index >= 15 is 0 Å². The second kappa shape index (κ2) is 3.66. The van der Waals surface area contributed by atoms with Gasteiger partial charge in [0.15, 0.2) is 0 Å². The molecule has 0 unspecified atom stereocenters. The third-order valence-corrected chi connectivity index (χ3v) is 2.90. The third kappa shape index (κ3) is 2.18. The molecule has 3 heteroatoms. The number of benzene rings is 1. The lowest BCUT2D eigenvalue weighted by Crippen LogP contribution is -2.16. The van der Waals surface area contributed by atoms with E-state index in [-0.39, 0.29) is 5.92 Å². The number of carboxylic acid groups (broad SMARTS) is 1. The molecule has 3 nitrogen and oxygen atoms in total. The summed E-state index contributed by atoms with van der Waals surface area (Å²) in [5.74, 6) is -1.09. The van der Waals surface area contributed by atoms with Crippen LogP contribution < -0.4 is 0 Å². The van der Waals surface area contributed by atoms with Crippen molar-refractivity contribution in [3.8, 4) is 0 Å². The highest BCUT2D eigenvalue weighted by molar-refractivity contribution is 5.75. The van der Waals surface area contributed by atoms with Gasteiger partial charge in [-0.25, -0.2) is 0 Å². The van der Waals surface area contributed by atoms with Gasteiger partial charge in [0.05, 0.1) is 18.1 Å². The Morgan fingerprint density at radius 3 is 2.73 bits per heavy atom. The van der Waals surface area contributed by atoms with Gasteiger partial charge in [0, 0.05) is 0 Å². The zero-order valence-electron chi connectivity index (χ0n) is 8.64. The Labute approximate surface area is 88.7 Å². The van der Waals surface area contributed by atoms with Gasteiger partial charge < -0.3 is 9.84 Å². The van der Waals surface area contributed by atoms with Crippen molar-refractivity contribution in [2.75, 3.05) is 0 Å². The van der Waals surface area contributed by atoms with Crippen LogP contribution in [0, 0.1) is 5.92 Å². The van der Waals surface area contributed by atoms with E-state index in [2.05, 4.69) is 0 Å². The SMILES string of the molecule is C[C@@]1(OCc2ccccc2)C[C@H]1C(=O)O. The first kappa shape index (κ1) is 10.2. The highest BCUT2D eigenvalue weighted by atomic mass is 16.5. The maximum atomic E-state index is 10.7. The summed E-state index contributed by atoms with van der Waals surface area (Å²) in [7, 11) is 0. The Balaban J connectivity index is 1.88. The molecule has 0 amide bonds. The average molecular weight is 206 g/mol. The fourth-order valence-corrected chi connectivity index (χ4v) is 1.68. The minimum absolute atomic E-state index is 0.332. The number of aliphatic carboxylic acids is 1. The Hall–Kier alpha value is -1.35. The Bertz CT molecular complexity index is 360. The van der Waals surface area contributed by atoms with Crippen molar-refractivity contribution in [1.82, 2.24) is 0 Å². The van der Waals surface area contributed by atoms with Crippen LogP contribution >= 0.6 is 0 Å². The van der Waals surface area contributed by atoms with Crippen molar-refractivity contribution in [3.63, 3.8) is 0 Å². The largest absolute Gasteiger partial charge is 0.481 e. The predicted molar refractivity (Wildman–Crippen MR) is 55.4 cm³/mol. The van der Waals surface area contributed by atoms with Gasteiger partial charge >= 0.3 is 5.97 Å². The van der Waals surface area contributed by atoms with Crippen LogP contribution in [0.1, 0.15) is 18.9 Å². The van der Waals surface area contributed by atoms with Gasteiger partial charge in [-0.15, -0.1) is 0 Å². The highest BCUT2D eigenvalue weighted by Gasteiger charge is 2.56. The molecular weight excluding hydrogens is 192 g/mol. The van der Waals surface area contributed by atoms with Gasteiger partial charge in [0.1, 0.15) is 0 Å². The molecule has 1 aliphatic rings. The minimum Gasteiger partial charge on any atom is -0.481 e. The lowest BCUT2D eigenvalue weighted by Gasteiger charge is -2.11. The molecule has 0 aliphatic heterocycles. The zero-order chi connectivity index (χ0) is 10.9. The summed E-state index contributed by atoms with van der Waals surface area (Å²) in [6, 6.07) is 9.79. The van der Waals surface area contributed by atoms with Gasteiger partial charge in [0.25, 0.3) is 0 Å². The van der Waals surface area contributed by atoms with E-state index in [1.54, 1.807) is 0 Å². The van der Waals surface area contributed by atoms with E-state index < -0.39 is 11.6 Å². The standard InChI is InChI=1S/C12H14O3/c1-12(7-10(12)11(13)14)15-8-9-5-3-2-4-6-9/h2-6,10H,7-8H2,1H3,(H,13,14)/t10-,12+/m0/s1. The monoisotopic (exact) mass is 206 g/mol. The molecule has 2 rings (SSSR count). The van der Waals surface area contributed by atoms with Gasteiger partial charge in [-0.2, -0.15) is 0 Å². The number of rotatable bonds is 4. The van der Waals surface area contributed by atoms with E-state index in [9.17, 15) is 4.79 Å². The average Bonchev–Trinajstić information content (AvgIpc) is 2.91. The van der Waals surface area contributed by atoms with Crippen LogP contribution in [0.5, 0.6) is 0 Å². The van der Waals surface area contributed by atoms with Crippen LogP contribution in [0.2, 0.25) is 0 Å². The van der Waals surface area contributed by atoms with Gasteiger partial charge in [-0.1, -0.05) is 30.3 Å². The molecule has 0 aromatic heterocycles. The third-order valence-electron chi connectivity index (χ3n) is 2.90. The van der Waals surface area contributed by atoms with Crippen molar-refractivity contribution < 1.29 is 14.6 Å². The quantitative estimate of drug-likeness (QED) is 0.820. The van der Waals surface area contributed by atoms with E-state index in [1.165, 1.54) is 0 Å². The lowest BCUT2D eigenvalue weighted by molar-refractivity contribution is -0.141. The van der Waals surface area contributed by atoms with Gasteiger partial charge in [-0.05, 0) is 18.9 Å². The molecule has 0 radical (unpaired) electrons. The molecule has 0 saturated heterocycles. The van der Waals surface area contributed by atoms with Crippen molar-refractivity contribution in [3.05, 3.63) is 35.9 Å². The van der Waals surface area contributed by atoms with Gasteiger partial charge in [-0.3, -0.25) is 4.79 Å². The van der Waals surface area contributed by atoms with Gasteiger partial charge in [0.2, 0.25) is 0 Å². The lowest BCUT2D eigenvalue weighted by atomic mass is 10.2. The topological polar surface area (TPSA) is 46.5 Å². The summed E-state index contributed by atoms with van der Waals surface area (Å²) < 4.78 is 5.62. The number of carbonyl (C=O) groups is 1. The van der Waals surface area contributed by atoms with Crippen LogP contribution in [0.4, 0.5) is 0 Å². The summed E-state index contributed by atoms with van der Waals surface area (Å²) >= 11 is 0. The Morgan fingerprint density at radius 1 is 1.53 bits per heavy atom. The molecule has 1 aromatic rings. The van der Waals surface area contributed by atoms with Crippen LogP contribution in [0.3, 0.4) is 0 Å². The fourth-order valence-electron chi connectivity index (χ4n) is 1.68. The predicted octanol–water partition coefficient (Wildman–Crippen LogP) is 2.07. The van der Waals surface area contributed by atoms with Crippen LogP contribution in [0.25, 0.3) is 0 Å². The molecule has 0 spiro atoms. The van der Waals surface area contributed by atoms with Crippen LogP contribution in [0.15, 0.2) is 30.3 Å². The summed E-state index contributed by atoms with van der Waals surface area (Å²) in [5.41, 5.74) is 0.622. The summed E-state index contributed by atoms with van der Waals surface area (Å²) in [6.45, 7) is 2.34. The second-order valence-electron chi connectivity index (χ2n) is 4.18. The first-order valence-electron chi connectivity index (χ1n) is 5.02. The van der Waals surface area contributed by atoms with E-state index in [1.807, 2.05) is 37.3 Å². The van der Waals surface area contributed by atoms with E-state index in [0.29, 0.717) is 13.0 Å². The highest BCUT2D eigenvalue weighted by Crippen LogP contribution is 2.47. The molecule has 0 bridgehead atoms. The van der Waals surface area contributed by atoms with Crippen molar-refractivity contribution >= 4 is 5.97 Å². The summed E-state index contributed by atoms with van der Waals surface area (Å²) in [5, 5.41) is 8.81. The first-order chi connectivity index (χ1) is 7.12. The zero-order valence-corrected chi connectivity index (χ0v) is 8.64. The second-order valence-corrected chi connectivity index (χ2v) is 4.18. The maximum Gasteiger partial charge on any atom is 0.309 e. The Morgan fingerprint density at radius 2 is 2.20 bits per heavy atom. The number of ether oxygens (including phenoxy) is 1. The molecule has 2 atom stereocenters. The maximum absolute atomic E-state index is 10.7. The fraction of sp³-hybridized carbons (Fsp3) is 0.417.